The number of fused-ring (bicyclic) bond motifs is 1. The predicted molar refractivity (Wildman–Crippen MR) is 104 cm³/mol. The molecule has 0 spiro atoms. The van der Waals surface area contributed by atoms with E-state index in [2.05, 4.69) is 30.1 Å². The van der Waals surface area contributed by atoms with E-state index < -0.39 is 17.5 Å². The predicted octanol–water partition coefficient (Wildman–Crippen LogP) is 2.96. The number of carbonyl (C=O) groups excluding carboxylic acids is 2. The van der Waals surface area contributed by atoms with Gasteiger partial charge in [0.25, 0.3) is 5.91 Å². The van der Waals surface area contributed by atoms with Gasteiger partial charge in [-0.1, -0.05) is 6.07 Å². The second kappa shape index (κ2) is 7.76. The fraction of sp³-hybridized carbons (Fsp3) is 0.100. The van der Waals surface area contributed by atoms with Crippen molar-refractivity contribution >= 4 is 22.8 Å². The van der Waals surface area contributed by atoms with Crippen LogP contribution in [0.5, 0.6) is 0 Å². The van der Waals surface area contributed by atoms with E-state index in [0.717, 1.165) is 5.56 Å². The SMILES string of the molecule is Cc1[nH]c(C(=O)NCc2ccncc2)nc1-c1ccc2[nH]c(C(=O)OO)c(F)c2c1. The number of hydrogen-bond acceptors (Lipinski definition) is 6. The molecule has 0 radical (unpaired) electrons. The number of imidazole rings is 1. The first-order valence-electron chi connectivity index (χ1n) is 8.89. The minimum Gasteiger partial charge on any atom is -0.346 e. The van der Waals surface area contributed by atoms with Crippen LogP contribution in [0.15, 0.2) is 42.7 Å². The Hall–Kier alpha value is -4.05. The van der Waals surface area contributed by atoms with Gasteiger partial charge in [0, 0.05) is 41.1 Å². The molecule has 0 saturated heterocycles. The van der Waals surface area contributed by atoms with Crippen molar-refractivity contribution in [3.8, 4) is 11.3 Å². The minimum atomic E-state index is -1.23. The summed E-state index contributed by atoms with van der Waals surface area (Å²) in [5.41, 5.74) is 2.39. The van der Waals surface area contributed by atoms with Crippen LogP contribution < -0.4 is 5.32 Å². The molecule has 0 bridgehead atoms. The zero-order valence-corrected chi connectivity index (χ0v) is 15.7. The molecule has 4 N–H and O–H groups in total. The lowest BCUT2D eigenvalue weighted by Gasteiger charge is -2.02. The quantitative estimate of drug-likeness (QED) is 0.296. The van der Waals surface area contributed by atoms with E-state index in [9.17, 15) is 14.0 Å². The Kier molecular flexibility index (Phi) is 4.98. The first-order valence-corrected chi connectivity index (χ1v) is 8.89. The largest absolute Gasteiger partial charge is 0.391 e. The molecule has 0 atom stereocenters. The van der Waals surface area contributed by atoms with Crippen LogP contribution in [0.1, 0.15) is 32.4 Å². The van der Waals surface area contributed by atoms with Crippen molar-refractivity contribution in [2.75, 3.05) is 0 Å². The highest BCUT2D eigenvalue weighted by molar-refractivity contribution is 5.97. The Morgan fingerprint density at radius 3 is 2.70 bits per heavy atom. The summed E-state index contributed by atoms with van der Waals surface area (Å²) in [6, 6.07) is 8.33. The summed E-state index contributed by atoms with van der Waals surface area (Å²) in [4.78, 5) is 41.2. The first kappa shape index (κ1) is 19.3. The number of H-pyrrole nitrogens is 2. The molecular weight excluding hydrogens is 393 g/mol. The molecule has 0 aliphatic heterocycles. The van der Waals surface area contributed by atoms with Crippen LogP contribution in [0.2, 0.25) is 0 Å². The Morgan fingerprint density at radius 1 is 1.20 bits per heavy atom. The fourth-order valence-electron chi connectivity index (χ4n) is 3.11. The number of nitrogens with zero attached hydrogens (tertiary/aromatic N) is 2. The third-order valence-corrected chi connectivity index (χ3v) is 4.60. The summed E-state index contributed by atoms with van der Waals surface area (Å²) >= 11 is 0. The maximum Gasteiger partial charge on any atom is 0.391 e. The number of aromatic nitrogens is 4. The third kappa shape index (κ3) is 3.51. The Bertz CT molecular complexity index is 1250. The average molecular weight is 409 g/mol. The van der Waals surface area contributed by atoms with Crippen LogP contribution in [0.3, 0.4) is 0 Å². The standard InChI is InChI=1S/C20H16FN5O4/c1-10-16(26-18(24-10)19(27)23-9-11-4-6-22-7-5-11)12-2-3-14-13(8-12)15(21)17(25-14)20(28)30-29/h2-8,25,29H,9H2,1H3,(H,23,27)(H,24,26). The molecule has 30 heavy (non-hydrogen) atoms. The van der Waals surface area contributed by atoms with Gasteiger partial charge in [0.05, 0.1) is 5.69 Å². The number of amides is 1. The Morgan fingerprint density at radius 2 is 1.97 bits per heavy atom. The summed E-state index contributed by atoms with van der Waals surface area (Å²) in [5.74, 6) is -2.34. The average Bonchev–Trinajstić information content (AvgIpc) is 3.32. The lowest BCUT2D eigenvalue weighted by molar-refractivity contribution is -0.183. The Labute approximate surface area is 168 Å². The van der Waals surface area contributed by atoms with Crippen LogP contribution in [-0.4, -0.2) is 37.1 Å². The number of benzene rings is 1. The number of carbonyl (C=O) groups is 2. The highest BCUT2D eigenvalue weighted by Gasteiger charge is 2.21. The summed E-state index contributed by atoms with van der Waals surface area (Å²) in [7, 11) is 0. The summed E-state index contributed by atoms with van der Waals surface area (Å²) in [5, 5.41) is 11.4. The number of rotatable bonds is 5. The maximum atomic E-state index is 14.5. The molecule has 3 aromatic heterocycles. The zero-order chi connectivity index (χ0) is 21.3. The molecule has 0 fully saturated rings. The number of halogens is 1. The topological polar surface area (TPSA) is 133 Å². The van der Waals surface area contributed by atoms with Crippen LogP contribution in [0.25, 0.3) is 22.2 Å². The van der Waals surface area contributed by atoms with E-state index >= 15 is 0 Å². The molecule has 0 aliphatic carbocycles. The number of aromatic amines is 2. The van der Waals surface area contributed by atoms with Gasteiger partial charge >= 0.3 is 5.97 Å². The summed E-state index contributed by atoms with van der Waals surface area (Å²) in [6.07, 6.45) is 3.27. The van der Waals surface area contributed by atoms with E-state index in [1.165, 1.54) is 6.07 Å². The van der Waals surface area contributed by atoms with E-state index in [1.807, 2.05) is 0 Å². The van der Waals surface area contributed by atoms with E-state index in [4.69, 9.17) is 5.26 Å². The van der Waals surface area contributed by atoms with Crippen molar-refractivity contribution in [3.63, 3.8) is 0 Å². The molecule has 0 saturated carbocycles. The fourth-order valence-corrected chi connectivity index (χ4v) is 3.11. The van der Waals surface area contributed by atoms with E-state index in [-0.39, 0.29) is 17.1 Å². The van der Waals surface area contributed by atoms with Crippen molar-refractivity contribution in [2.24, 2.45) is 0 Å². The molecule has 4 aromatic rings. The molecule has 152 valence electrons. The lowest BCUT2D eigenvalue weighted by Crippen LogP contribution is -2.24. The molecule has 1 aromatic carbocycles. The second-order valence-electron chi connectivity index (χ2n) is 6.55. The molecule has 1 amide bonds. The molecule has 0 aliphatic rings. The van der Waals surface area contributed by atoms with E-state index in [0.29, 0.717) is 29.0 Å². The van der Waals surface area contributed by atoms with Gasteiger partial charge in [0.15, 0.2) is 17.3 Å². The summed E-state index contributed by atoms with van der Waals surface area (Å²) in [6.45, 7) is 2.06. The van der Waals surface area contributed by atoms with Gasteiger partial charge in [-0.15, -0.1) is 0 Å². The van der Waals surface area contributed by atoms with Crippen LogP contribution >= 0.6 is 0 Å². The molecule has 9 nitrogen and oxygen atoms in total. The van der Waals surface area contributed by atoms with Gasteiger partial charge in [-0.05, 0) is 36.8 Å². The van der Waals surface area contributed by atoms with Crippen LogP contribution in [0, 0.1) is 12.7 Å². The van der Waals surface area contributed by atoms with Gasteiger partial charge in [-0.3, -0.25) is 14.7 Å². The second-order valence-corrected chi connectivity index (χ2v) is 6.55. The number of nitrogens with one attached hydrogen (secondary N) is 3. The highest BCUT2D eigenvalue weighted by atomic mass is 19.1. The number of aryl methyl sites for hydroxylation is 1. The zero-order valence-electron chi connectivity index (χ0n) is 15.7. The van der Waals surface area contributed by atoms with Gasteiger partial charge < -0.3 is 15.3 Å². The van der Waals surface area contributed by atoms with Gasteiger partial charge in [-0.2, -0.15) is 5.26 Å². The number of pyridine rings is 1. The molecular formula is C20H16FN5O4. The van der Waals surface area contributed by atoms with Crippen molar-refractivity contribution in [1.82, 2.24) is 25.3 Å². The maximum absolute atomic E-state index is 14.5. The van der Waals surface area contributed by atoms with Gasteiger partial charge in [0.2, 0.25) is 0 Å². The van der Waals surface area contributed by atoms with Crippen molar-refractivity contribution in [1.29, 1.82) is 0 Å². The minimum absolute atomic E-state index is 0.121. The van der Waals surface area contributed by atoms with Crippen molar-refractivity contribution in [3.05, 3.63) is 71.3 Å². The van der Waals surface area contributed by atoms with Crippen molar-refractivity contribution in [2.45, 2.75) is 13.5 Å². The smallest absolute Gasteiger partial charge is 0.346 e. The third-order valence-electron chi connectivity index (χ3n) is 4.60. The first-order chi connectivity index (χ1) is 14.5. The number of hydrogen-bond donors (Lipinski definition) is 4. The van der Waals surface area contributed by atoms with Crippen LogP contribution in [0.4, 0.5) is 4.39 Å². The van der Waals surface area contributed by atoms with Crippen LogP contribution in [-0.2, 0) is 11.4 Å². The van der Waals surface area contributed by atoms with Gasteiger partial charge in [0.1, 0.15) is 0 Å². The molecule has 10 heteroatoms. The van der Waals surface area contributed by atoms with Crippen molar-refractivity contribution < 1.29 is 24.1 Å². The lowest BCUT2D eigenvalue weighted by atomic mass is 10.1. The Balaban J connectivity index is 1.61. The monoisotopic (exact) mass is 409 g/mol. The molecule has 0 unspecified atom stereocenters. The molecule has 4 rings (SSSR count). The van der Waals surface area contributed by atoms with E-state index in [1.54, 1.807) is 43.6 Å². The molecule has 3 heterocycles. The summed E-state index contributed by atoms with van der Waals surface area (Å²) < 4.78 is 14.5. The van der Waals surface area contributed by atoms with Gasteiger partial charge in [-0.25, -0.2) is 14.2 Å². The highest BCUT2D eigenvalue weighted by Crippen LogP contribution is 2.28. The normalized spacial score (nSPS) is 10.9.